The second kappa shape index (κ2) is 6.22. The number of carbonyl (C=O) groups is 1. The molecule has 0 radical (unpaired) electrons. The molecule has 0 spiro atoms. The van der Waals surface area contributed by atoms with E-state index >= 15 is 0 Å². The molecule has 1 aliphatic heterocycles. The van der Waals surface area contributed by atoms with Crippen molar-refractivity contribution in [3.8, 4) is 6.07 Å². The number of nitrogens with zero attached hydrogens (tertiary/aromatic N) is 2. The highest BCUT2D eigenvalue weighted by Gasteiger charge is 2.42. The van der Waals surface area contributed by atoms with Crippen LogP contribution in [0.3, 0.4) is 0 Å². The summed E-state index contributed by atoms with van der Waals surface area (Å²) in [5, 5.41) is 8.01. The first kappa shape index (κ1) is 17.8. The normalized spacial score (nSPS) is 25.0. The van der Waals surface area contributed by atoms with Crippen LogP contribution in [0.2, 0.25) is 0 Å². The van der Waals surface area contributed by atoms with Gasteiger partial charge in [-0.2, -0.15) is 5.26 Å². The van der Waals surface area contributed by atoms with Gasteiger partial charge in [-0.3, -0.25) is 0 Å². The Kier molecular flexibility index (Phi) is 5.26. The quantitative estimate of drug-likeness (QED) is 0.778. The maximum Gasteiger partial charge on any atom is 0.410 e. The second-order valence-electron chi connectivity index (χ2n) is 6.61. The summed E-state index contributed by atoms with van der Waals surface area (Å²) in [4.78, 5) is 13.8. The highest BCUT2D eigenvalue weighted by atomic mass is 32.2. The van der Waals surface area contributed by atoms with E-state index in [1.807, 2.05) is 13.0 Å². The number of piperidine rings is 1. The zero-order valence-corrected chi connectivity index (χ0v) is 14.1. The van der Waals surface area contributed by atoms with Gasteiger partial charge in [0.15, 0.2) is 15.1 Å². The smallest absolute Gasteiger partial charge is 0.410 e. The minimum Gasteiger partial charge on any atom is -0.444 e. The molecule has 1 aliphatic rings. The second-order valence-corrected chi connectivity index (χ2v) is 8.78. The summed E-state index contributed by atoms with van der Waals surface area (Å²) >= 11 is 0. The summed E-state index contributed by atoms with van der Waals surface area (Å²) in [6, 6.07) is 1.05. The van der Waals surface area contributed by atoms with Crippen LogP contribution >= 0.6 is 0 Å². The molecule has 0 aliphatic carbocycles. The van der Waals surface area contributed by atoms with Gasteiger partial charge in [0.05, 0.1) is 12.1 Å². The topological polar surface area (TPSA) is 87.5 Å². The number of likely N-dealkylation sites (tertiary alicyclic amines) is 1. The molecule has 1 rings (SSSR count). The molecule has 0 saturated carbocycles. The monoisotopic (exact) mass is 316 g/mol. The fraction of sp³-hybridized carbons (Fsp3) is 0.857. The largest absolute Gasteiger partial charge is 0.444 e. The zero-order valence-electron chi connectivity index (χ0n) is 13.3. The molecule has 0 aromatic rings. The Morgan fingerprint density at radius 3 is 2.38 bits per heavy atom. The number of hydrogen-bond donors (Lipinski definition) is 0. The van der Waals surface area contributed by atoms with Gasteiger partial charge in [0.1, 0.15) is 5.60 Å². The molecule has 120 valence electrons. The lowest BCUT2D eigenvalue weighted by molar-refractivity contribution is -0.00155. The molecule has 0 bridgehead atoms. The minimum absolute atomic E-state index is 0.142. The van der Waals surface area contributed by atoms with Crippen LogP contribution in [0.25, 0.3) is 0 Å². The fourth-order valence-electron chi connectivity index (χ4n) is 2.62. The molecule has 21 heavy (non-hydrogen) atoms. The standard InChI is InChI=1S/C14H24N2O4S/c1-10-7-6-8-11(12(9-15)21(5,18)19)16(10)13(17)20-14(2,3)4/h10-12H,6-8H2,1-5H3. The molecule has 1 fully saturated rings. The summed E-state index contributed by atoms with van der Waals surface area (Å²) in [7, 11) is -3.56. The molecule has 3 unspecified atom stereocenters. The van der Waals surface area contributed by atoms with Gasteiger partial charge < -0.3 is 9.64 Å². The molecular weight excluding hydrogens is 292 g/mol. The van der Waals surface area contributed by atoms with Crippen molar-refractivity contribution in [2.45, 2.75) is 69.9 Å². The van der Waals surface area contributed by atoms with Crippen LogP contribution in [-0.2, 0) is 14.6 Å². The van der Waals surface area contributed by atoms with Crippen molar-refractivity contribution in [1.82, 2.24) is 4.90 Å². The SMILES string of the molecule is CC1CCCC(C(C#N)S(C)(=O)=O)N1C(=O)OC(C)(C)C. The van der Waals surface area contributed by atoms with Gasteiger partial charge >= 0.3 is 6.09 Å². The predicted molar refractivity (Wildman–Crippen MR) is 79.4 cm³/mol. The van der Waals surface area contributed by atoms with E-state index in [1.54, 1.807) is 20.8 Å². The maximum atomic E-state index is 12.4. The zero-order chi connectivity index (χ0) is 16.4. The first-order valence-corrected chi connectivity index (χ1v) is 9.02. The number of rotatable bonds is 2. The van der Waals surface area contributed by atoms with Gasteiger partial charge in [0.25, 0.3) is 0 Å². The molecule has 0 aromatic heterocycles. The van der Waals surface area contributed by atoms with E-state index in [0.717, 1.165) is 19.1 Å². The van der Waals surface area contributed by atoms with Crippen molar-refractivity contribution < 1.29 is 17.9 Å². The molecule has 0 N–H and O–H groups in total. The Balaban J connectivity index is 3.10. The number of sulfone groups is 1. The van der Waals surface area contributed by atoms with Crippen LogP contribution in [0, 0.1) is 11.3 Å². The number of nitriles is 1. The number of hydrogen-bond acceptors (Lipinski definition) is 5. The average Bonchev–Trinajstić information content (AvgIpc) is 2.25. The average molecular weight is 316 g/mol. The van der Waals surface area contributed by atoms with Crippen molar-refractivity contribution in [1.29, 1.82) is 5.26 Å². The van der Waals surface area contributed by atoms with Gasteiger partial charge in [-0.15, -0.1) is 0 Å². The van der Waals surface area contributed by atoms with E-state index in [2.05, 4.69) is 0 Å². The highest BCUT2D eigenvalue weighted by Crippen LogP contribution is 2.29. The summed E-state index contributed by atoms with van der Waals surface area (Å²) in [5.74, 6) is 0. The van der Waals surface area contributed by atoms with Gasteiger partial charge in [-0.05, 0) is 47.0 Å². The molecule has 1 saturated heterocycles. The van der Waals surface area contributed by atoms with E-state index < -0.39 is 32.8 Å². The lowest BCUT2D eigenvalue weighted by atomic mass is 9.95. The van der Waals surface area contributed by atoms with E-state index in [4.69, 9.17) is 4.74 Å². The number of ether oxygens (including phenoxy) is 1. The molecule has 3 atom stereocenters. The van der Waals surface area contributed by atoms with Gasteiger partial charge in [-0.25, -0.2) is 13.2 Å². The van der Waals surface area contributed by atoms with Crippen LogP contribution in [0.1, 0.15) is 47.0 Å². The highest BCUT2D eigenvalue weighted by molar-refractivity contribution is 7.91. The van der Waals surface area contributed by atoms with E-state index in [1.165, 1.54) is 4.90 Å². The molecule has 1 heterocycles. The maximum absolute atomic E-state index is 12.4. The third-order valence-electron chi connectivity index (χ3n) is 3.50. The summed E-state index contributed by atoms with van der Waals surface area (Å²) in [6.45, 7) is 7.12. The Bertz CT molecular complexity index is 530. The lowest BCUT2D eigenvalue weighted by Gasteiger charge is -2.42. The molecular formula is C14H24N2O4S. The molecule has 0 aromatic carbocycles. The molecule has 1 amide bonds. The van der Waals surface area contributed by atoms with Crippen molar-refractivity contribution in [2.75, 3.05) is 6.26 Å². The molecule has 6 nitrogen and oxygen atoms in total. The van der Waals surface area contributed by atoms with Crippen LogP contribution in [0.4, 0.5) is 4.79 Å². The Hall–Kier alpha value is -1.29. The Morgan fingerprint density at radius 1 is 1.38 bits per heavy atom. The minimum atomic E-state index is -3.56. The summed E-state index contributed by atoms with van der Waals surface area (Å²) in [5.41, 5.74) is -0.661. The van der Waals surface area contributed by atoms with Crippen molar-refractivity contribution in [2.24, 2.45) is 0 Å². The van der Waals surface area contributed by atoms with Crippen LogP contribution in [0.5, 0.6) is 0 Å². The third-order valence-corrected chi connectivity index (χ3v) is 4.84. The van der Waals surface area contributed by atoms with Gasteiger partial charge in [0, 0.05) is 12.3 Å². The first-order chi connectivity index (χ1) is 9.47. The lowest BCUT2D eigenvalue weighted by Crippen LogP contribution is -2.56. The first-order valence-electron chi connectivity index (χ1n) is 7.07. The molecule has 7 heteroatoms. The number of carbonyl (C=O) groups excluding carboxylic acids is 1. The Labute approximate surface area is 127 Å². The van der Waals surface area contributed by atoms with Crippen molar-refractivity contribution in [3.63, 3.8) is 0 Å². The van der Waals surface area contributed by atoms with Gasteiger partial charge in [0.2, 0.25) is 0 Å². The van der Waals surface area contributed by atoms with E-state index in [-0.39, 0.29) is 6.04 Å². The summed E-state index contributed by atoms with van der Waals surface area (Å²) < 4.78 is 29.0. The van der Waals surface area contributed by atoms with Crippen LogP contribution in [-0.4, -0.2) is 48.6 Å². The van der Waals surface area contributed by atoms with E-state index in [9.17, 15) is 18.5 Å². The Morgan fingerprint density at radius 2 is 1.95 bits per heavy atom. The fourth-order valence-corrected chi connectivity index (χ4v) is 3.65. The third kappa shape index (κ3) is 4.60. The number of amides is 1. The summed E-state index contributed by atoms with van der Waals surface area (Å²) in [6.07, 6.45) is 2.54. The van der Waals surface area contributed by atoms with Crippen molar-refractivity contribution in [3.05, 3.63) is 0 Å². The predicted octanol–water partition coefficient (Wildman–Crippen LogP) is 2.10. The van der Waals surface area contributed by atoms with Crippen LogP contribution in [0.15, 0.2) is 0 Å². The van der Waals surface area contributed by atoms with Crippen LogP contribution < -0.4 is 0 Å². The van der Waals surface area contributed by atoms with E-state index in [0.29, 0.717) is 6.42 Å². The van der Waals surface area contributed by atoms with Gasteiger partial charge in [-0.1, -0.05) is 0 Å². The van der Waals surface area contributed by atoms with Crippen molar-refractivity contribution >= 4 is 15.9 Å².